The maximum atomic E-state index is 6.55. The zero-order chi connectivity index (χ0) is 16.7. The van der Waals surface area contributed by atoms with Crippen molar-refractivity contribution in [3.63, 3.8) is 0 Å². The number of ether oxygens (including phenoxy) is 2. The van der Waals surface area contributed by atoms with E-state index in [1.54, 1.807) is 0 Å². The summed E-state index contributed by atoms with van der Waals surface area (Å²) < 4.78 is 12.1. The first kappa shape index (κ1) is 14.8. The molecule has 0 radical (unpaired) electrons. The number of aromatic amines is 1. The highest BCUT2D eigenvalue weighted by Crippen LogP contribution is 2.36. The number of hydrogen-bond donors (Lipinski definition) is 1. The number of fused-ring (bicyclic) bond motifs is 2. The average molecular weight is 335 g/mol. The van der Waals surface area contributed by atoms with E-state index in [1.165, 1.54) is 5.56 Å². The van der Waals surface area contributed by atoms with E-state index in [1.807, 2.05) is 24.3 Å². The quantitative estimate of drug-likeness (QED) is 0.739. The molecule has 1 aromatic heterocycles. The van der Waals surface area contributed by atoms with Crippen LogP contribution >= 0.6 is 0 Å². The molecule has 2 aliphatic rings. The first-order valence-electron chi connectivity index (χ1n) is 8.86. The van der Waals surface area contributed by atoms with E-state index in [9.17, 15) is 0 Å². The van der Waals surface area contributed by atoms with Crippen LogP contribution in [0.15, 0.2) is 48.5 Å². The number of para-hydroxylation sites is 3. The summed E-state index contributed by atoms with van der Waals surface area (Å²) in [6.07, 6.45) is 1.80. The van der Waals surface area contributed by atoms with Crippen LogP contribution in [0.5, 0.6) is 5.75 Å². The van der Waals surface area contributed by atoms with Crippen molar-refractivity contribution in [2.45, 2.75) is 25.0 Å². The Morgan fingerprint density at radius 3 is 2.68 bits per heavy atom. The minimum absolute atomic E-state index is 0.218. The summed E-state index contributed by atoms with van der Waals surface area (Å²) in [4.78, 5) is 10.6. The average Bonchev–Trinajstić information content (AvgIpc) is 3.01. The van der Waals surface area contributed by atoms with Gasteiger partial charge in [0.05, 0.1) is 30.8 Å². The van der Waals surface area contributed by atoms with Gasteiger partial charge in [0.25, 0.3) is 0 Å². The van der Waals surface area contributed by atoms with Crippen LogP contribution < -0.4 is 9.64 Å². The van der Waals surface area contributed by atoms with Gasteiger partial charge in [0.15, 0.2) is 0 Å². The van der Waals surface area contributed by atoms with Gasteiger partial charge in [-0.15, -0.1) is 0 Å². The molecular weight excluding hydrogens is 314 g/mol. The molecule has 1 fully saturated rings. The fourth-order valence-electron chi connectivity index (χ4n) is 3.85. The van der Waals surface area contributed by atoms with Crippen LogP contribution in [0, 0.1) is 0 Å². The van der Waals surface area contributed by atoms with E-state index in [2.05, 4.69) is 34.1 Å². The van der Waals surface area contributed by atoms with Gasteiger partial charge in [0.2, 0.25) is 5.95 Å². The lowest BCUT2D eigenvalue weighted by molar-refractivity contribution is -0.0391. The van der Waals surface area contributed by atoms with Crippen LogP contribution in [0.1, 0.15) is 18.4 Å². The Kier molecular flexibility index (Phi) is 3.41. The summed E-state index contributed by atoms with van der Waals surface area (Å²) >= 11 is 0. The van der Waals surface area contributed by atoms with Crippen LogP contribution in [-0.4, -0.2) is 35.3 Å². The van der Waals surface area contributed by atoms with Gasteiger partial charge in [-0.1, -0.05) is 30.3 Å². The fraction of sp³-hybridized carbons (Fsp3) is 0.350. The van der Waals surface area contributed by atoms with Gasteiger partial charge in [-0.3, -0.25) is 0 Å². The molecule has 1 spiro atoms. The molecule has 0 unspecified atom stereocenters. The second-order valence-electron chi connectivity index (χ2n) is 6.94. The van der Waals surface area contributed by atoms with E-state index >= 15 is 0 Å². The number of aromatic nitrogens is 2. The van der Waals surface area contributed by atoms with Crippen LogP contribution in [0.25, 0.3) is 11.0 Å². The predicted molar refractivity (Wildman–Crippen MR) is 97.0 cm³/mol. The molecule has 5 heteroatoms. The van der Waals surface area contributed by atoms with Gasteiger partial charge in [-0.05, 0) is 18.2 Å². The highest BCUT2D eigenvalue weighted by molar-refractivity contribution is 5.77. The number of H-pyrrole nitrogens is 1. The van der Waals surface area contributed by atoms with Crippen molar-refractivity contribution in [1.82, 2.24) is 9.97 Å². The number of hydrogen-bond acceptors (Lipinski definition) is 4. The van der Waals surface area contributed by atoms with E-state index < -0.39 is 0 Å². The first-order chi connectivity index (χ1) is 12.3. The molecule has 0 amide bonds. The smallest absolute Gasteiger partial charge is 0.204 e. The highest BCUT2D eigenvalue weighted by Gasteiger charge is 2.40. The molecule has 0 aliphatic carbocycles. The molecule has 2 aliphatic heterocycles. The lowest BCUT2D eigenvalue weighted by Crippen LogP contribution is -2.49. The molecule has 2 aromatic carbocycles. The molecule has 3 aromatic rings. The Hall–Kier alpha value is -2.53. The Bertz CT molecular complexity index is 866. The van der Waals surface area contributed by atoms with Crippen LogP contribution in [0.4, 0.5) is 5.95 Å². The minimum Gasteiger partial charge on any atom is -0.485 e. The van der Waals surface area contributed by atoms with Crippen molar-refractivity contribution < 1.29 is 9.47 Å². The number of rotatable bonds is 1. The summed E-state index contributed by atoms with van der Waals surface area (Å²) in [6, 6.07) is 16.5. The van der Waals surface area contributed by atoms with E-state index in [-0.39, 0.29) is 5.60 Å². The number of imidazole rings is 1. The standard InChI is InChI=1S/C20H21N3O2/c1-4-8-18-15(5-1)13-23(14-20(25-18)9-11-24-12-10-20)19-21-16-6-2-3-7-17(16)22-19/h1-8H,9-14H2,(H,21,22). The van der Waals surface area contributed by atoms with E-state index in [0.717, 1.165) is 61.9 Å². The summed E-state index contributed by atoms with van der Waals surface area (Å²) in [7, 11) is 0. The number of anilines is 1. The molecule has 0 saturated carbocycles. The molecule has 1 saturated heterocycles. The predicted octanol–water partition coefficient (Wildman–Crippen LogP) is 3.51. The zero-order valence-corrected chi connectivity index (χ0v) is 14.1. The molecule has 3 heterocycles. The van der Waals surface area contributed by atoms with E-state index in [0.29, 0.717) is 0 Å². The third-order valence-electron chi connectivity index (χ3n) is 5.22. The SMILES string of the molecule is c1ccc2c(c1)CN(c1nc3ccccc3[nH]1)CC1(CCOCC1)O2. The van der Waals surface area contributed by atoms with Gasteiger partial charge in [0, 0.05) is 24.9 Å². The number of nitrogens with one attached hydrogen (secondary N) is 1. The fourth-order valence-corrected chi connectivity index (χ4v) is 3.85. The summed E-state index contributed by atoms with van der Waals surface area (Å²) in [5, 5.41) is 0. The van der Waals surface area contributed by atoms with Crippen molar-refractivity contribution in [3.8, 4) is 5.75 Å². The number of nitrogens with zero attached hydrogens (tertiary/aromatic N) is 2. The minimum atomic E-state index is -0.218. The summed E-state index contributed by atoms with van der Waals surface area (Å²) in [6.45, 7) is 3.09. The first-order valence-corrected chi connectivity index (χ1v) is 8.86. The third-order valence-corrected chi connectivity index (χ3v) is 5.22. The largest absolute Gasteiger partial charge is 0.485 e. The topological polar surface area (TPSA) is 50.4 Å². The molecular formula is C20H21N3O2. The van der Waals surface area contributed by atoms with Gasteiger partial charge < -0.3 is 19.4 Å². The van der Waals surface area contributed by atoms with Gasteiger partial charge >= 0.3 is 0 Å². The molecule has 1 N–H and O–H groups in total. The number of benzene rings is 2. The lowest BCUT2D eigenvalue weighted by atomic mass is 9.93. The van der Waals surface area contributed by atoms with Crippen molar-refractivity contribution >= 4 is 17.0 Å². The van der Waals surface area contributed by atoms with Gasteiger partial charge in [-0.25, -0.2) is 4.98 Å². The molecule has 0 bridgehead atoms. The lowest BCUT2D eigenvalue weighted by Gasteiger charge is -2.38. The Labute approximate surface area is 146 Å². The molecule has 128 valence electrons. The Morgan fingerprint density at radius 2 is 1.80 bits per heavy atom. The van der Waals surface area contributed by atoms with Gasteiger partial charge in [0.1, 0.15) is 11.4 Å². The molecule has 0 atom stereocenters. The summed E-state index contributed by atoms with van der Waals surface area (Å²) in [5.41, 5.74) is 3.05. The normalized spacial score (nSPS) is 19.4. The maximum Gasteiger partial charge on any atom is 0.204 e. The molecule has 5 rings (SSSR count). The zero-order valence-electron chi connectivity index (χ0n) is 14.1. The van der Waals surface area contributed by atoms with Crippen LogP contribution in [-0.2, 0) is 11.3 Å². The van der Waals surface area contributed by atoms with E-state index in [4.69, 9.17) is 14.5 Å². The Morgan fingerprint density at radius 1 is 1.00 bits per heavy atom. The van der Waals surface area contributed by atoms with Crippen LogP contribution in [0.2, 0.25) is 0 Å². The van der Waals surface area contributed by atoms with Crippen molar-refractivity contribution in [2.75, 3.05) is 24.7 Å². The van der Waals surface area contributed by atoms with Crippen molar-refractivity contribution in [3.05, 3.63) is 54.1 Å². The van der Waals surface area contributed by atoms with Crippen LogP contribution in [0.3, 0.4) is 0 Å². The Balaban J connectivity index is 1.58. The second kappa shape index (κ2) is 5.77. The third kappa shape index (κ3) is 2.65. The summed E-state index contributed by atoms with van der Waals surface area (Å²) in [5.74, 6) is 1.90. The van der Waals surface area contributed by atoms with Crippen molar-refractivity contribution in [1.29, 1.82) is 0 Å². The molecule has 25 heavy (non-hydrogen) atoms. The van der Waals surface area contributed by atoms with Crippen molar-refractivity contribution in [2.24, 2.45) is 0 Å². The second-order valence-corrected chi connectivity index (χ2v) is 6.94. The van der Waals surface area contributed by atoms with Gasteiger partial charge in [-0.2, -0.15) is 0 Å². The molecule has 5 nitrogen and oxygen atoms in total. The monoisotopic (exact) mass is 335 g/mol. The maximum absolute atomic E-state index is 6.55. The highest BCUT2D eigenvalue weighted by atomic mass is 16.5.